The Morgan fingerprint density at radius 2 is 1.30 bits per heavy atom. The van der Waals surface area contributed by atoms with Gasteiger partial charge in [0.2, 0.25) is 11.4 Å². The first-order chi connectivity index (χ1) is 9.37. The van der Waals surface area contributed by atoms with Gasteiger partial charge in [-0.05, 0) is 0 Å². The Morgan fingerprint density at radius 1 is 0.850 bits per heavy atom. The van der Waals surface area contributed by atoms with Crippen LogP contribution in [0.3, 0.4) is 0 Å². The maximum Gasteiger partial charge on any atom is 0.429 e. The molecule has 5 heteroatoms. The smallest absolute Gasteiger partial charge is 0.370 e. The van der Waals surface area contributed by atoms with Crippen molar-refractivity contribution in [3.05, 3.63) is 71.8 Å². The van der Waals surface area contributed by atoms with Gasteiger partial charge in [0, 0.05) is 11.1 Å². The highest BCUT2D eigenvalue weighted by Gasteiger charge is 2.60. The van der Waals surface area contributed by atoms with Gasteiger partial charge in [-0.1, -0.05) is 60.7 Å². The monoisotopic (exact) mass is 280 g/mol. The summed E-state index contributed by atoms with van der Waals surface area (Å²) in [4.78, 5) is 12.1. The third-order valence-electron chi connectivity index (χ3n) is 2.97. The van der Waals surface area contributed by atoms with Crippen molar-refractivity contribution in [2.45, 2.75) is 11.8 Å². The van der Waals surface area contributed by atoms with Crippen LogP contribution in [0.2, 0.25) is 0 Å². The fraction of sp³-hybridized carbons (Fsp3) is 0.133. The van der Waals surface area contributed by atoms with Crippen LogP contribution in [0.15, 0.2) is 60.7 Å². The average molecular weight is 280 g/mol. The predicted molar refractivity (Wildman–Crippen MR) is 67.2 cm³/mol. The van der Waals surface area contributed by atoms with Crippen molar-refractivity contribution in [2.24, 2.45) is 0 Å². The highest BCUT2D eigenvalue weighted by Crippen LogP contribution is 2.41. The summed E-state index contributed by atoms with van der Waals surface area (Å²) < 4.78 is 39.8. The Balaban J connectivity index is 2.58. The van der Waals surface area contributed by atoms with E-state index in [1.54, 1.807) is 6.07 Å². The van der Waals surface area contributed by atoms with Gasteiger partial charge in [-0.15, -0.1) is 0 Å². The SMILES string of the molecule is O=C(c1ccccc1)C(O)(c1ccccc1)C(F)(F)F. The maximum atomic E-state index is 13.3. The fourth-order valence-corrected chi connectivity index (χ4v) is 1.90. The summed E-state index contributed by atoms with van der Waals surface area (Å²) in [6, 6.07) is 13.3. The summed E-state index contributed by atoms with van der Waals surface area (Å²) >= 11 is 0. The highest BCUT2D eigenvalue weighted by atomic mass is 19.4. The summed E-state index contributed by atoms with van der Waals surface area (Å²) in [7, 11) is 0. The number of Topliss-reactive ketones (excluding diaryl/α,β-unsaturated/α-hetero) is 1. The molecule has 0 saturated heterocycles. The molecular formula is C15H11F3O2. The number of hydrogen-bond donors (Lipinski definition) is 1. The van der Waals surface area contributed by atoms with Crippen LogP contribution >= 0.6 is 0 Å². The lowest BCUT2D eigenvalue weighted by molar-refractivity contribution is -0.242. The third-order valence-corrected chi connectivity index (χ3v) is 2.97. The van der Waals surface area contributed by atoms with Crippen molar-refractivity contribution in [2.75, 3.05) is 0 Å². The number of ketones is 1. The van der Waals surface area contributed by atoms with Crippen LogP contribution in [0.5, 0.6) is 0 Å². The molecule has 0 aliphatic carbocycles. The van der Waals surface area contributed by atoms with Crippen LogP contribution in [0, 0.1) is 0 Å². The minimum absolute atomic E-state index is 0.198. The largest absolute Gasteiger partial charge is 0.429 e. The van der Waals surface area contributed by atoms with Crippen molar-refractivity contribution >= 4 is 5.78 Å². The molecule has 1 unspecified atom stereocenters. The standard InChI is InChI=1S/C15H11F3O2/c16-15(17,18)14(20,12-9-5-2-6-10-12)13(19)11-7-3-1-4-8-11/h1-10,20H. The van der Waals surface area contributed by atoms with E-state index >= 15 is 0 Å². The lowest BCUT2D eigenvalue weighted by Crippen LogP contribution is -2.49. The van der Waals surface area contributed by atoms with Gasteiger partial charge in [0.15, 0.2) is 0 Å². The number of alkyl halides is 3. The molecule has 0 fully saturated rings. The normalized spacial score (nSPS) is 14.6. The molecule has 0 spiro atoms. The molecule has 0 aliphatic heterocycles. The second-order valence-corrected chi connectivity index (χ2v) is 4.27. The molecule has 1 N–H and O–H groups in total. The summed E-state index contributed by atoms with van der Waals surface area (Å²) in [6.45, 7) is 0. The van der Waals surface area contributed by atoms with Gasteiger partial charge in [-0.25, -0.2) is 0 Å². The van der Waals surface area contributed by atoms with Crippen molar-refractivity contribution in [1.29, 1.82) is 0 Å². The van der Waals surface area contributed by atoms with E-state index in [1.807, 2.05) is 0 Å². The van der Waals surface area contributed by atoms with Crippen molar-refractivity contribution in [1.82, 2.24) is 0 Å². The fourth-order valence-electron chi connectivity index (χ4n) is 1.90. The molecule has 0 aliphatic rings. The van der Waals surface area contributed by atoms with E-state index in [9.17, 15) is 23.1 Å². The van der Waals surface area contributed by atoms with Crippen LogP contribution in [0.4, 0.5) is 13.2 Å². The van der Waals surface area contributed by atoms with Gasteiger partial charge >= 0.3 is 6.18 Å². The van der Waals surface area contributed by atoms with Crippen LogP contribution in [-0.4, -0.2) is 17.1 Å². The van der Waals surface area contributed by atoms with Gasteiger partial charge in [0.25, 0.3) is 0 Å². The van der Waals surface area contributed by atoms with E-state index in [0.717, 1.165) is 12.1 Å². The Kier molecular flexibility index (Phi) is 3.63. The Bertz CT molecular complexity index is 594. The van der Waals surface area contributed by atoms with Gasteiger partial charge < -0.3 is 5.11 Å². The van der Waals surface area contributed by atoms with E-state index in [1.165, 1.54) is 42.5 Å². The Morgan fingerprint density at radius 3 is 1.75 bits per heavy atom. The number of rotatable bonds is 3. The molecule has 0 radical (unpaired) electrons. The van der Waals surface area contributed by atoms with Crippen molar-refractivity contribution in [3.63, 3.8) is 0 Å². The molecule has 2 nitrogen and oxygen atoms in total. The summed E-state index contributed by atoms with van der Waals surface area (Å²) in [5.41, 5.74) is -4.24. The van der Waals surface area contributed by atoms with Crippen molar-refractivity contribution < 1.29 is 23.1 Å². The van der Waals surface area contributed by atoms with E-state index in [2.05, 4.69) is 0 Å². The van der Waals surface area contributed by atoms with Gasteiger partial charge in [0.05, 0.1) is 0 Å². The maximum absolute atomic E-state index is 13.3. The minimum Gasteiger partial charge on any atom is -0.370 e. The molecule has 0 heterocycles. The van der Waals surface area contributed by atoms with Gasteiger partial charge in [0.1, 0.15) is 0 Å². The quantitative estimate of drug-likeness (QED) is 0.876. The molecule has 0 saturated carbocycles. The van der Waals surface area contributed by atoms with Crippen LogP contribution in [-0.2, 0) is 5.60 Å². The first kappa shape index (κ1) is 14.3. The minimum atomic E-state index is -5.11. The lowest BCUT2D eigenvalue weighted by Gasteiger charge is -2.29. The molecular weight excluding hydrogens is 269 g/mol. The zero-order chi connectivity index (χ0) is 14.8. The second-order valence-electron chi connectivity index (χ2n) is 4.27. The molecule has 1 atom stereocenters. The molecule has 2 rings (SSSR count). The Hall–Kier alpha value is -2.14. The van der Waals surface area contributed by atoms with Gasteiger partial charge in [-0.2, -0.15) is 13.2 Å². The summed E-state index contributed by atoms with van der Waals surface area (Å²) in [5.74, 6) is -1.39. The van der Waals surface area contributed by atoms with E-state index in [4.69, 9.17) is 0 Å². The number of hydrogen-bond acceptors (Lipinski definition) is 2. The predicted octanol–water partition coefficient (Wildman–Crippen LogP) is 3.32. The Labute approximate surface area is 113 Å². The number of halogens is 3. The first-order valence-corrected chi connectivity index (χ1v) is 5.82. The van der Waals surface area contributed by atoms with E-state index in [0.29, 0.717) is 0 Å². The molecule has 2 aromatic carbocycles. The van der Waals surface area contributed by atoms with Crippen molar-refractivity contribution in [3.8, 4) is 0 Å². The molecule has 0 amide bonds. The van der Waals surface area contributed by atoms with E-state index < -0.39 is 23.1 Å². The van der Waals surface area contributed by atoms with E-state index in [-0.39, 0.29) is 5.56 Å². The van der Waals surface area contributed by atoms with Crippen LogP contribution in [0.1, 0.15) is 15.9 Å². The number of carbonyl (C=O) groups excluding carboxylic acids is 1. The number of aliphatic hydroxyl groups is 1. The first-order valence-electron chi connectivity index (χ1n) is 5.82. The van der Waals surface area contributed by atoms with Gasteiger partial charge in [-0.3, -0.25) is 4.79 Å². The second kappa shape index (κ2) is 5.09. The molecule has 2 aromatic rings. The zero-order valence-corrected chi connectivity index (χ0v) is 10.3. The van der Waals surface area contributed by atoms with Crippen LogP contribution < -0.4 is 0 Å². The number of carbonyl (C=O) groups is 1. The number of benzene rings is 2. The van der Waals surface area contributed by atoms with Crippen LogP contribution in [0.25, 0.3) is 0 Å². The summed E-state index contributed by atoms with van der Waals surface area (Å²) in [5, 5.41) is 10.1. The average Bonchev–Trinajstić information content (AvgIpc) is 2.46. The lowest BCUT2D eigenvalue weighted by atomic mass is 9.85. The molecule has 0 bridgehead atoms. The highest BCUT2D eigenvalue weighted by molar-refractivity contribution is 6.03. The zero-order valence-electron chi connectivity index (χ0n) is 10.3. The topological polar surface area (TPSA) is 37.3 Å². The molecule has 0 aromatic heterocycles. The summed E-state index contributed by atoms with van der Waals surface area (Å²) in [6.07, 6.45) is -5.11. The molecule has 104 valence electrons. The third kappa shape index (κ3) is 2.32. The molecule has 20 heavy (non-hydrogen) atoms.